The molecule has 4 heteroatoms. The van der Waals surface area contributed by atoms with Crippen molar-refractivity contribution in [2.45, 2.75) is 52.0 Å². The fourth-order valence-electron chi connectivity index (χ4n) is 2.74. The highest BCUT2D eigenvalue weighted by molar-refractivity contribution is 5.88. The Kier molecular flexibility index (Phi) is 5.75. The van der Waals surface area contributed by atoms with Crippen LogP contribution in [0.15, 0.2) is 35.9 Å². The molecule has 0 bridgehead atoms. The minimum atomic E-state index is -0.0990. The van der Waals surface area contributed by atoms with Crippen molar-refractivity contribution in [2.24, 2.45) is 0 Å². The first-order chi connectivity index (χ1) is 10.5. The number of nitrogens with one attached hydrogen (secondary N) is 2. The molecule has 0 fully saturated rings. The molecule has 0 aliphatic heterocycles. The minimum absolute atomic E-state index is 0.0607. The van der Waals surface area contributed by atoms with Crippen LogP contribution in [-0.2, 0) is 9.59 Å². The van der Waals surface area contributed by atoms with Crippen molar-refractivity contribution in [1.82, 2.24) is 5.32 Å². The minimum Gasteiger partial charge on any atom is -0.349 e. The molecule has 2 rings (SSSR count). The Morgan fingerprint density at radius 1 is 1.27 bits per heavy atom. The lowest BCUT2D eigenvalue weighted by atomic mass is 9.97. The maximum atomic E-state index is 12.1. The van der Waals surface area contributed by atoms with E-state index in [0.29, 0.717) is 6.42 Å². The molecule has 0 radical (unpaired) electrons. The van der Waals surface area contributed by atoms with E-state index in [4.69, 9.17) is 0 Å². The van der Waals surface area contributed by atoms with Gasteiger partial charge in [-0.15, -0.1) is 0 Å². The summed E-state index contributed by atoms with van der Waals surface area (Å²) in [5.41, 5.74) is 2.99. The van der Waals surface area contributed by atoms with Crippen molar-refractivity contribution < 1.29 is 9.59 Å². The van der Waals surface area contributed by atoms with Gasteiger partial charge in [0.1, 0.15) is 0 Å². The molecule has 1 aromatic carbocycles. The molecular formula is C18H24N2O2. The molecule has 1 aliphatic carbocycles. The molecule has 1 aromatic rings. The summed E-state index contributed by atoms with van der Waals surface area (Å²) in [6, 6.07) is 7.49. The summed E-state index contributed by atoms with van der Waals surface area (Å²) in [6.07, 6.45) is 7.25. The van der Waals surface area contributed by atoms with E-state index in [2.05, 4.69) is 16.7 Å². The third kappa shape index (κ3) is 5.02. The van der Waals surface area contributed by atoms with Gasteiger partial charge in [-0.25, -0.2) is 0 Å². The molecule has 0 unspecified atom stereocenters. The highest BCUT2D eigenvalue weighted by Crippen LogP contribution is 2.21. The van der Waals surface area contributed by atoms with Gasteiger partial charge in [-0.2, -0.15) is 0 Å². The number of amides is 2. The summed E-state index contributed by atoms with van der Waals surface area (Å²) in [5.74, 6) is -0.0383. The lowest BCUT2D eigenvalue weighted by Gasteiger charge is -2.17. The number of hydrogen-bond acceptors (Lipinski definition) is 2. The Labute approximate surface area is 132 Å². The van der Waals surface area contributed by atoms with E-state index in [1.165, 1.54) is 25.3 Å². The van der Waals surface area contributed by atoms with Crippen LogP contribution < -0.4 is 10.6 Å². The monoisotopic (exact) mass is 300 g/mol. The van der Waals surface area contributed by atoms with Gasteiger partial charge in [0.15, 0.2) is 0 Å². The smallest absolute Gasteiger partial charge is 0.224 e. The highest BCUT2D eigenvalue weighted by Gasteiger charge is 2.13. The molecular weight excluding hydrogens is 276 g/mol. The first kappa shape index (κ1) is 16.3. The second kappa shape index (κ2) is 7.78. The maximum Gasteiger partial charge on any atom is 0.224 e. The number of benzene rings is 1. The fourth-order valence-corrected chi connectivity index (χ4v) is 2.74. The van der Waals surface area contributed by atoms with E-state index in [1.807, 2.05) is 31.2 Å². The van der Waals surface area contributed by atoms with Gasteiger partial charge in [0.2, 0.25) is 11.8 Å². The summed E-state index contributed by atoms with van der Waals surface area (Å²) in [7, 11) is 0. The van der Waals surface area contributed by atoms with Gasteiger partial charge in [-0.05, 0) is 50.3 Å². The van der Waals surface area contributed by atoms with Gasteiger partial charge in [0.05, 0.1) is 6.04 Å². The predicted molar refractivity (Wildman–Crippen MR) is 88.5 cm³/mol. The van der Waals surface area contributed by atoms with Gasteiger partial charge in [0, 0.05) is 19.0 Å². The first-order valence-corrected chi connectivity index (χ1v) is 7.89. The standard InChI is InChI=1S/C18H24N2O2/c1-13(16-9-6-10-17(12-16)20-14(2)21)19-18(22)11-15-7-4-3-5-8-15/h6-7,9-10,12-13H,3-5,8,11H2,1-2H3,(H,19,22)(H,20,21)/t13-/m0/s1. The molecule has 2 amide bonds. The van der Waals surface area contributed by atoms with Crippen molar-refractivity contribution in [3.8, 4) is 0 Å². The number of hydrogen-bond donors (Lipinski definition) is 2. The van der Waals surface area contributed by atoms with Crippen molar-refractivity contribution in [1.29, 1.82) is 0 Å². The van der Waals surface area contributed by atoms with Crippen LogP contribution in [0.25, 0.3) is 0 Å². The molecule has 118 valence electrons. The first-order valence-electron chi connectivity index (χ1n) is 7.89. The zero-order chi connectivity index (χ0) is 15.9. The van der Waals surface area contributed by atoms with Crippen LogP contribution in [0.3, 0.4) is 0 Å². The van der Waals surface area contributed by atoms with Crippen LogP contribution in [0.5, 0.6) is 0 Å². The van der Waals surface area contributed by atoms with Crippen LogP contribution in [0.1, 0.15) is 57.6 Å². The quantitative estimate of drug-likeness (QED) is 0.814. The molecule has 0 aromatic heterocycles. The van der Waals surface area contributed by atoms with E-state index in [9.17, 15) is 9.59 Å². The average molecular weight is 300 g/mol. The van der Waals surface area contributed by atoms with Crippen LogP contribution >= 0.6 is 0 Å². The van der Waals surface area contributed by atoms with Crippen molar-refractivity contribution in [2.75, 3.05) is 5.32 Å². The maximum absolute atomic E-state index is 12.1. The van der Waals surface area contributed by atoms with Gasteiger partial charge in [-0.3, -0.25) is 9.59 Å². The van der Waals surface area contributed by atoms with Crippen LogP contribution in [0.2, 0.25) is 0 Å². The zero-order valence-electron chi connectivity index (χ0n) is 13.3. The second-order valence-electron chi connectivity index (χ2n) is 5.88. The van der Waals surface area contributed by atoms with E-state index in [1.54, 1.807) is 0 Å². The van der Waals surface area contributed by atoms with E-state index in [0.717, 1.165) is 24.1 Å². The summed E-state index contributed by atoms with van der Waals surface area (Å²) in [4.78, 5) is 23.2. The van der Waals surface area contributed by atoms with Crippen molar-refractivity contribution in [3.63, 3.8) is 0 Å². The largest absolute Gasteiger partial charge is 0.349 e. The Morgan fingerprint density at radius 3 is 2.77 bits per heavy atom. The summed E-state index contributed by atoms with van der Waals surface area (Å²) in [5, 5.41) is 5.79. The molecule has 2 N–H and O–H groups in total. The predicted octanol–water partition coefficient (Wildman–Crippen LogP) is 3.71. The molecule has 0 saturated carbocycles. The van der Waals surface area contributed by atoms with E-state index >= 15 is 0 Å². The summed E-state index contributed by atoms with van der Waals surface area (Å²) in [6.45, 7) is 3.44. The Bertz CT molecular complexity index is 578. The lowest BCUT2D eigenvalue weighted by molar-refractivity contribution is -0.121. The van der Waals surface area contributed by atoms with Crippen LogP contribution in [0, 0.1) is 0 Å². The average Bonchev–Trinajstić information content (AvgIpc) is 2.47. The number of carbonyl (C=O) groups is 2. The van der Waals surface area contributed by atoms with Gasteiger partial charge in [0.25, 0.3) is 0 Å². The molecule has 1 aliphatic rings. The van der Waals surface area contributed by atoms with Gasteiger partial charge < -0.3 is 10.6 Å². The fraction of sp³-hybridized carbons (Fsp3) is 0.444. The SMILES string of the molecule is CC(=O)Nc1cccc([C@H](C)NC(=O)CC2=CCCCC2)c1. The van der Waals surface area contributed by atoms with E-state index < -0.39 is 0 Å². The summed E-state index contributed by atoms with van der Waals surface area (Å²) < 4.78 is 0. The number of allylic oxidation sites excluding steroid dienone is 1. The lowest BCUT2D eigenvalue weighted by Crippen LogP contribution is -2.27. The van der Waals surface area contributed by atoms with Gasteiger partial charge in [-0.1, -0.05) is 23.8 Å². The molecule has 1 atom stereocenters. The van der Waals surface area contributed by atoms with Crippen molar-refractivity contribution >= 4 is 17.5 Å². The third-order valence-corrected chi connectivity index (χ3v) is 3.86. The summed E-state index contributed by atoms with van der Waals surface area (Å²) >= 11 is 0. The highest BCUT2D eigenvalue weighted by atomic mass is 16.2. The zero-order valence-corrected chi connectivity index (χ0v) is 13.3. The van der Waals surface area contributed by atoms with E-state index in [-0.39, 0.29) is 17.9 Å². The third-order valence-electron chi connectivity index (χ3n) is 3.86. The normalized spacial score (nSPS) is 15.6. The number of anilines is 1. The Balaban J connectivity index is 1.93. The number of carbonyl (C=O) groups excluding carboxylic acids is 2. The Morgan fingerprint density at radius 2 is 2.09 bits per heavy atom. The second-order valence-corrected chi connectivity index (χ2v) is 5.88. The molecule has 0 saturated heterocycles. The number of rotatable bonds is 5. The van der Waals surface area contributed by atoms with Crippen molar-refractivity contribution in [3.05, 3.63) is 41.5 Å². The molecule has 22 heavy (non-hydrogen) atoms. The molecule has 0 spiro atoms. The molecule has 0 heterocycles. The van der Waals surface area contributed by atoms with Crippen LogP contribution in [-0.4, -0.2) is 11.8 Å². The van der Waals surface area contributed by atoms with Crippen LogP contribution in [0.4, 0.5) is 5.69 Å². The topological polar surface area (TPSA) is 58.2 Å². The molecule has 4 nitrogen and oxygen atoms in total. The van der Waals surface area contributed by atoms with Gasteiger partial charge >= 0.3 is 0 Å². The Hall–Kier alpha value is -2.10.